The number of rotatable bonds is 3. The summed E-state index contributed by atoms with van der Waals surface area (Å²) in [5.41, 5.74) is 7.09. The summed E-state index contributed by atoms with van der Waals surface area (Å²) in [6.07, 6.45) is 1.46. The lowest BCUT2D eigenvalue weighted by Gasteiger charge is -2.21. The number of carbonyl (C=O) groups excluding carboxylic acids is 1. The Balaban J connectivity index is 2.37. The van der Waals surface area contributed by atoms with Crippen molar-refractivity contribution in [2.45, 2.75) is 6.92 Å². The van der Waals surface area contributed by atoms with Crippen molar-refractivity contribution in [2.75, 3.05) is 17.2 Å². The lowest BCUT2D eigenvalue weighted by molar-refractivity contribution is 0.0988. The molecule has 2 aromatic rings. The smallest absolute Gasteiger partial charge is 0.258 e. The molecule has 19 heavy (non-hydrogen) atoms. The third-order valence-electron chi connectivity index (χ3n) is 2.77. The molecule has 0 saturated carbocycles. The van der Waals surface area contributed by atoms with Crippen LogP contribution in [0.25, 0.3) is 0 Å². The third kappa shape index (κ3) is 2.82. The van der Waals surface area contributed by atoms with Gasteiger partial charge in [-0.2, -0.15) is 0 Å². The maximum Gasteiger partial charge on any atom is 0.258 e. The van der Waals surface area contributed by atoms with E-state index in [0.717, 1.165) is 0 Å². The number of nitrogens with two attached hydrogens (primary N) is 1. The molecule has 0 saturated heterocycles. The van der Waals surface area contributed by atoms with Gasteiger partial charge in [-0.15, -0.1) is 0 Å². The number of nitrogens with one attached hydrogen (secondary N) is 1. The highest BCUT2D eigenvalue weighted by Crippen LogP contribution is 2.19. The quantitative estimate of drug-likeness (QED) is 0.820. The Morgan fingerprint density at radius 2 is 2.11 bits per heavy atom. The molecular formula is C14H15N3O2. The topological polar surface area (TPSA) is 79.2 Å². The average molecular weight is 257 g/mol. The number of anilines is 2. The summed E-state index contributed by atoms with van der Waals surface area (Å²) in [5, 5.41) is 0. The number of hydrogen-bond acceptors (Lipinski definition) is 3. The number of nitrogen functional groups attached to an aromatic ring is 1. The van der Waals surface area contributed by atoms with Gasteiger partial charge in [-0.1, -0.05) is 6.07 Å². The molecule has 1 aromatic heterocycles. The highest BCUT2D eigenvalue weighted by molar-refractivity contribution is 6.06. The first-order valence-corrected chi connectivity index (χ1v) is 5.98. The Morgan fingerprint density at radius 1 is 1.32 bits per heavy atom. The van der Waals surface area contributed by atoms with E-state index < -0.39 is 0 Å². The Kier molecular flexibility index (Phi) is 3.66. The zero-order valence-electron chi connectivity index (χ0n) is 10.6. The molecule has 5 nitrogen and oxygen atoms in total. The van der Waals surface area contributed by atoms with Gasteiger partial charge in [-0.25, -0.2) is 0 Å². The fourth-order valence-corrected chi connectivity index (χ4v) is 1.87. The zero-order valence-corrected chi connectivity index (χ0v) is 10.6. The summed E-state index contributed by atoms with van der Waals surface area (Å²) in [5.74, 6) is -0.223. The van der Waals surface area contributed by atoms with Gasteiger partial charge in [-0.3, -0.25) is 9.59 Å². The minimum atomic E-state index is -0.297. The molecule has 1 amide bonds. The van der Waals surface area contributed by atoms with E-state index in [1.54, 1.807) is 29.2 Å². The van der Waals surface area contributed by atoms with Gasteiger partial charge in [0.05, 0.1) is 0 Å². The molecule has 2 rings (SSSR count). The molecule has 0 spiro atoms. The maximum atomic E-state index is 12.4. The second-order valence-corrected chi connectivity index (χ2v) is 4.09. The highest BCUT2D eigenvalue weighted by Gasteiger charge is 2.16. The van der Waals surface area contributed by atoms with Crippen molar-refractivity contribution in [1.29, 1.82) is 0 Å². The number of pyridine rings is 1. The number of H-pyrrole nitrogens is 1. The van der Waals surface area contributed by atoms with Crippen molar-refractivity contribution >= 4 is 17.3 Å². The van der Waals surface area contributed by atoms with Crippen LogP contribution in [0, 0.1) is 0 Å². The van der Waals surface area contributed by atoms with Crippen LogP contribution >= 0.6 is 0 Å². The van der Waals surface area contributed by atoms with Gasteiger partial charge in [0.15, 0.2) is 0 Å². The highest BCUT2D eigenvalue weighted by atomic mass is 16.2. The number of aromatic amines is 1. The molecule has 3 N–H and O–H groups in total. The fourth-order valence-electron chi connectivity index (χ4n) is 1.87. The summed E-state index contributed by atoms with van der Waals surface area (Å²) in [6.45, 7) is 2.36. The average Bonchev–Trinajstić information content (AvgIpc) is 2.39. The van der Waals surface area contributed by atoms with Gasteiger partial charge in [0.2, 0.25) is 5.56 Å². The molecule has 0 aliphatic rings. The molecule has 5 heteroatoms. The monoisotopic (exact) mass is 257 g/mol. The van der Waals surface area contributed by atoms with Crippen molar-refractivity contribution in [3.63, 3.8) is 0 Å². The molecular weight excluding hydrogens is 242 g/mol. The van der Waals surface area contributed by atoms with Crippen LogP contribution in [0.3, 0.4) is 0 Å². The number of amides is 1. The van der Waals surface area contributed by atoms with Crippen LogP contribution in [0.1, 0.15) is 17.3 Å². The minimum absolute atomic E-state index is 0.223. The van der Waals surface area contributed by atoms with Crippen LogP contribution < -0.4 is 16.2 Å². The molecule has 0 radical (unpaired) electrons. The predicted molar refractivity (Wildman–Crippen MR) is 75.3 cm³/mol. The van der Waals surface area contributed by atoms with Crippen LogP contribution in [-0.4, -0.2) is 17.4 Å². The second-order valence-electron chi connectivity index (χ2n) is 4.09. The summed E-state index contributed by atoms with van der Waals surface area (Å²) in [6, 6.07) is 9.96. The van der Waals surface area contributed by atoms with Crippen molar-refractivity contribution in [1.82, 2.24) is 4.98 Å². The van der Waals surface area contributed by atoms with Crippen LogP contribution in [0.4, 0.5) is 11.4 Å². The SMILES string of the molecule is CCN(C(=O)c1cc[nH]c(=O)c1)c1cccc(N)c1. The number of nitrogens with zero attached hydrogens (tertiary/aromatic N) is 1. The van der Waals surface area contributed by atoms with Crippen LogP contribution in [-0.2, 0) is 0 Å². The van der Waals surface area contributed by atoms with Gasteiger partial charge < -0.3 is 15.6 Å². The van der Waals surface area contributed by atoms with E-state index in [9.17, 15) is 9.59 Å². The van der Waals surface area contributed by atoms with Crippen molar-refractivity contribution < 1.29 is 4.79 Å². The zero-order chi connectivity index (χ0) is 13.8. The van der Waals surface area contributed by atoms with E-state index >= 15 is 0 Å². The van der Waals surface area contributed by atoms with E-state index in [-0.39, 0.29) is 11.5 Å². The van der Waals surface area contributed by atoms with Crippen molar-refractivity contribution in [3.8, 4) is 0 Å². The van der Waals surface area contributed by atoms with E-state index in [2.05, 4.69) is 4.98 Å². The van der Waals surface area contributed by atoms with Gasteiger partial charge >= 0.3 is 0 Å². The van der Waals surface area contributed by atoms with E-state index in [0.29, 0.717) is 23.5 Å². The number of benzene rings is 1. The standard InChI is InChI=1S/C14H15N3O2/c1-2-17(12-5-3-4-11(15)9-12)14(19)10-6-7-16-13(18)8-10/h3-9H,2,15H2,1H3,(H,16,18). The molecule has 98 valence electrons. The Bertz CT molecular complexity index is 649. The first kappa shape index (κ1) is 12.9. The second kappa shape index (κ2) is 5.39. The Labute approximate surface area is 110 Å². The minimum Gasteiger partial charge on any atom is -0.399 e. The first-order valence-electron chi connectivity index (χ1n) is 5.98. The van der Waals surface area contributed by atoms with E-state index in [1.165, 1.54) is 12.3 Å². The van der Waals surface area contributed by atoms with Gasteiger partial charge in [0, 0.05) is 35.7 Å². The third-order valence-corrected chi connectivity index (χ3v) is 2.77. The molecule has 0 atom stereocenters. The molecule has 1 aromatic carbocycles. The number of hydrogen-bond donors (Lipinski definition) is 2. The van der Waals surface area contributed by atoms with Gasteiger partial charge in [-0.05, 0) is 31.2 Å². The summed E-state index contributed by atoms with van der Waals surface area (Å²) < 4.78 is 0. The van der Waals surface area contributed by atoms with E-state index in [1.807, 2.05) is 13.0 Å². The summed E-state index contributed by atoms with van der Waals surface area (Å²) in [4.78, 5) is 27.7. The molecule has 0 aliphatic heterocycles. The fraction of sp³-hybridized carbons (Fsp3) is 0.143. The lowest BCUT2D eigenvalue weighted by atomic mass is 10.2. The molecule has 1 heterocycles. The number of aromatic nitrogens is 1. The number of carbonyl (C=O) groups is 1. The molecule has 0 fully saturated rings. The maximum absolute atomic E-state index is 12.4. The van der Waals surface area contributed by atoms with Crippen molar-refractivity contribution in [2.24, 2.45) is 0 Å². The first-order chi connectivity index (χ1) is 9.11. The lowest BCUT2D eigenvalue weighted by Crippen LogP contribution is -2.31. The van der Waals surface area contributed by atoms with E-state index in [4.69, 9.17) is 5.73 Å². The van der Waals surface area contributed by atoms with Crippen LogP contribution in [0.2, 0.25) is 0 Å². The van der Waals surface area contributed by atoms with Crippen LogP contribution in [0.5, 0.6) is 0 Å². The van der Waals surface area contributed by atoms with Gasteiger partial charge in [0.1, 0.15) is 0 Å². The van der Waals surface area contributed by atoms with Crippen molar-refractivity contribution in [3.05, 3.63) is 58.5 Å². The predicted octanol–water partition coefficient (Wildman–Crippen LogP) is 1.62. The molecule has 0 bridgehead atoms. The van der Waals surface area contributed by atoms with Gasteiger partial charge in [0.25, 0.3) is 5.91 Å². The Morgan fingerprint density at radius 3 is 2.74 bits per heavy atom. The largest absolute Gasteiger partial charge is 0.399 e. The summed E-state index contributed by atoms with van der Waals surface area (Å²) >= 11 is 0. The molecule has 0 unspecified atom stereocenters. The normalized spacial score (nSPS) is 10.2. The Hall–Kier alpha value is -2.56. The molecule has 0 aliphatic carbocycles. The van der Waals surface area contributed by atoms with Crippen LogP contribution in [0.15, 0.2) is 47.4 Å². The summed E-state index contributed by atoms with van der Waals surface area (Å²) in [7, 11) is 0.